The van der Waals surface area contributed by atoms with Gasteiger partial charge in [-0.3, -0.25) is 4.68 Å². The molecule has 1 aromatic carbocycles. The average Bonchev–Trinajstić information content (AvgIpc) is 2.63. The van der Waals surface area contributed by atoms with Gasteiger partial charge < -0.3 is 5.32 Å². The number of aromatic nitrogens is 2. The van der Waals surface area contributed by atoms with Crippen molar-refractivity contribution in [1.29, 1.82) is 0 Å². The number of nitrogens with one attached hydrogen (secondary N) is 1. The predicted octanol–water partition coefficient (Wildman–Crippen LogP) is 3.58. The maximum absolute atomic E-state index is 6.08. The number of nitrogens with zero attached hydrogens (tertiary/aromatic N) is 2. The molecule has 0 spiro atoms. The third kappa shape index (κ3) is 3.22. The van der Waals surface area contributed by atoms with E-state index in [2.05, 4.69) is 37.3 Å². The zero-order valence-electron chi connectivity index (χ0n) is 12.6. The maximum Gasteiger partial charge on any atom is 0.0644 e. The monoisotopic (exact) mass is 291 g/mol. The third-order valence-electron chi connectivity index (χ3n) is 3.69. The zero-order chi connectivity index (χ0) is 14.7. The normalized spacial score (nSPS) is 12.7. The molecule has 2 rings (SSSR count). The lowest BCUT2D eigenvalue weighted by molar-refractivity contribution is 0.544. The first kappa shape index (κ1) is 15.1. The molecule has 0 aliphatic rings. The number of benzene rings is 1. The summed E-state index contributed by atoms with van der Waals surface area (Å²) < 4.78 is 1.95. The van der Waals surface area contributed by atoms with Crippen molar-refractivity contribution in [2.75, 3.05) is 6.54 Å². The van der Waals surface area contributed by atoms with Gasteiger partial charge in [-0.2, -0.15) is 5.10 Å². The molecule has 1 heterocycles. The Balaban J connectivity index is 2.31. The summed E-state index contributed by atoms with van der Waals surface area (Å²) in [5.74, 6) is 0. The van der Waals surface area contributed by atoms with Crippen molar-refractivity contribution in [3.63, 3.8) is 0 Å². The van der Waals surface area contributed by atoms with E-state index in [1.807, 2.05) is 29.9 Å². The first-order valence-corrected chi connectivity index (χ1v) is 7.38. The van der Waals surface area contributed by atoms with Crippen LogP contribution >= 0.6 is 11.6 Å². The number of hydrogen-bond acceptors (Lipinski definition) is 2. The lowest BCUT2D eigenvalue weighted by atomic mass is 9.97. The topological polar surface area (TPSA) is 29.9 Å². The molecule has 1 atom stereocenters. The summed E-state index contributed by atoms with van der Waals surface area (Å²) in [6.45, 7) is 7.26. The van der Waals surface area contributed by atoms with Gasteiger partial charge >= 0.3 is 0 Å². The average molecular weight is 292 g/mol. The number of halogens is 1. The molecule has 0 saturated carbocycles. The maximum atomic E-state index is 6.08. The zero-order valence-corrected chi connectivity index (χ0v) is 13.3. The standard InChI is InChI=1S/C16H22ClN3/c1-5-18-15(10-13-7-6-8-14(17)9-13)16-11(2)19-20(4)12(16)3/h6-9,15,18H,5,10H2,1-4H3. The molecule has 20 heavy (non-hydrogen) atoms. The lowest BCUT2D eigenvalue weighted by Gasteiger charge is -2.19. The van der Waals surface area contributed by atoms with Crippen LogP contribution in [0.15, 0.2) is 24.3 Å². The highest BCUT2D eigenvalue weighted by atomic mass is 35.5. The Hall–Kier alpha value is -1.32. The molecule has 0 saturated heterocycles. The minimum absolute atomic E-state index is 0.271. The molecule has 3 nitrogen and oxygen atoms in total. The highest BCUT2D eigenvalue weighted by molar-refractivity contribution is 6.30. The van der Waals surface area contributed by atoms with Gasteiger partial charge in [0.15, 0.2) is 0 Å². The Morgan fingerprint density at radius 3 is 2.65 bits per heavy atom. The summed E-state index contributed by atoms with van der Waals surface area (Å²) in [5, 5.41) is 8.88. The van der Waals surface area contributed by atoms with E-state index in [0.717, 1.165) is 23.7 Å². The van der Waals surface area contributed by atoms with Crippen molar-refractivity contribution in [3.05, 3.63) is 51.8 Å². The van der Waals surface area contributed by atoms with Gasteiger partial charge in [0.25, 0.3) is 0 Å². The van der Waals surface area contributed by atoms with Crippen LogP contribution in [-0.2, 0) is 13.5 Å². The van der Waals surface area contributed by atoms with E-state index in [0.29, 0.717) is 0 Å². The Morgan fingerprint density at radius 2 is 2.10 bits per heavy atom. The smallest absolute Gasteiger partial charge is 0.0644 e. The molecule has 0 aliphatic carbocycles. The fraction of sp³-hybridized carbons (Fsp3) is 0.438. The summed E-state index contributed by atoms with van der Waals surface area (Å²) in [4.78, 5) is 0. The highest BCUT2D eigenvalue weighted by Gasteiger charge is 2.19. The van der Waals surface area contributed by atoms with Crippen molar-refractivity contribution >= 4 is 11.6 Å². The van der Waals surface area contributed by atoms with Gasteiger partial charge in [-0.25, -0.2) is 0 Å². The fourth-order valence-electron chi connectivity index (χ4n) is 2.72. The van der Waals surface area contributed by atoms with Crippen LogP contribution in [0.2, 0.25) is 5.02 Å². The number of aryl methyl sites for hydroxylation is 2. The van der Waals surface area contributed by atoms with Crippen molar-refractivity contribution in [1.82, 2.24) is 15.1 Å². The van der Waals surface area contributed by atoms with Gasteiger partial charge in [0.05, 0.1) is 5.69 Å². The molecule has 4 heteroatoms. The third-order valence-corrected chi connectivity index (χ3v) is 3.93. The van der Waals surface area contributed by atoms with Crippen molar-refractivity contribution in [3.8, 4) is 0 Å². The number of rotatable bonds is 5. The van der Waals surface area contributed by atoms with Gasteiger partial charge in [0, 0.05) is 29.4 Å². The Kier molecular flexibility index (Phi) is 4.84. The second kappa shape index (κ2) is 6.42. The number of hydrogen-bond donors (Lipinski definition) is 1. The summed E-state index contributed by atoms with van der Waals surface area (Å²) in [5.41, 5.74) is 4.86. The van der Waals surface area contributed by atoms with E-state index in [1.54, 1.807) is 0 Å². The van der Waals surface area contributed by atoms with Crippen LogP contribution in [0.1, 0.15) is 35.5 Å². The quantitative estimate of drug-likeness (QED) is 0.912. The Bertz CT molecular complexity index is 589. The molecule has 108 valence electrons. The van der Waals surface area contributed by atoms with Crippen LogP contribution < -0.4 is 5.32 Å². The van der Waals surface area contributed by atoms with E-state index in [-0.39, 0.29) is 6.04 Å². The summed E-state index contributed by atoms with van der Waals surface area (Å²) in [6.07, 6.45) is 0.918. The van der Waals surface area contributed by atoms with Gasteiger partial charge in [-0.1, -0.05) is 30.7 Å². The summed E-state index contributed by atoms with van der Waals surface area (Å²) in [7, 11) is 1.99. The molecular weight excluding hydrogens is 270 g/mol. The second-order valence-corrected chi connectivity index (χ2v) is 5.59. The van der Waals surface area contributed by atoms with Crippen molar-refractivity contribution in [2.24, 2.45) is 7.05 Å². The lowest BCUT2D eigenvalue weighted by Crippen LogP contribution is -2.24. The van der Waals surface area contributed by atoms with Crippen LogP contribution in [0.5, 0.6) is 0 Å². The first-order valence-electron chi connectivity index (χ1n) is 7.00. The van der Waals surface area contributed by atoms with Crippen molar-refractivity contribution < 1.29 is 0 Å². The minimum atomic E-state index is 0.271. The van der Waals surface area contributed by atoms with E-state index in [4.69, 9.17) is 11.6 Å². The van der Waals surface area contributed by atoms with Crippen LogP contribution in [0.4, 0.5) is 0 Å². The van der Waals surface area contributed by atoms with Crippen LogP contribution in [0, 0.1) is 13.8 Å². The predicted molar refractivity (Wildman–Crippen MR) is 84.3 cm³/mol. The summed E-state index contributed by atoms with van der Waals surface area (Å²) in [6, 6.07) is 8.34. The molecule has 1 aromatic heterocycles. The second-order valence-electron chi connectivity index (χ2n) is 5.15. The molecule has 0 radical (unpaired) electrons. The molecule has 1 N–H and O–H groups in total. The summed E-state index contributed by atoms with van der Waals surface area (Å²) >= 11 is 6.08. The minimum Gasteiger partial charge on any atom is -0.310 e. The van der Waals surface area contributed by atoms with E-state index < -0.39 is 0 Å². The SMILES string of the molecule is CCNC(Cc1cccc(Cl)c1)c1c(C)nn(C)c1C. The van der Waals surface area contributed by atoms with E-state index in [1.165, 1.54) is 16.8 Å². The van der Waals surface area contributed by atoms with Crippen LogP contribution in [0.3, 0.4) is 0 Å². The van der Waals surface area contributed by atoms with Gasteiger partial charge in [0.2, 0.25) is 0 Å². The Morgan fingerprint density at radius 1 is 1.35 bits per heavy atom. The molecule has 0 aliphatic heterocycles. The largest absolute Gasteiger partial charge is 0.310 e. The molecule has 2 aromatic rings. The van der Waals surface area contributed by atoms with Crippen LogP contribution in [-0.4, -0.2) is 16.3 Å². The van der Waals surface area contributed by atoms with Gasteiger partial charge in [0.1, 0.15) is 0 Å². The van der Waals surface area contributed by atoms with Gasteiger partial charge in [-0.15, -0.1) is 0 Å². The fourth-order valence-corrected chi connectivity index (χ4v) is 2.93. The molecule has 1 unspecified atom stereocenters. The molecule has 0 fully saturated rings. The first-order chi connectivity index (χ1) is 9.52. The van der Waals surface area contributed by atoms with Crippen molar-refractivity contribution in [2.45, 2.75) is 33.2 Å². The molecular formula is C16H22ClN3. The van der Waals surface area contributed by atoms with Crippen LogP contribution in [0.25, 0.3) is 0 Å². The molecule has 0 bridgehead atoms. The van der Waals surface area contributed by atoms with E-state index >= 15 is 0 Å². The van der Waals surface area contributed by atoms with Gasteiger partial charge in [-0.05, 0) is 44.5 Å². The van der Waals surface area contributed by atoms with E-state index in [9.17, 15) is 0 Å². The number of likely N-dealkylation sites (N-methyl/N-ethyl adjacent to an activating group) is 1. The Labute approximate surface area is 126 Å². The molecule has 0 amide bonds. The highest BCUT2D eigenvalue weighted by Crippen LogP contribution is 2.25.